The molecule has 0 radical (unpaired) electrons. The van der Waals surface area contributed by atoms with Crippen molar-refractivity contribution in [2.24, 2.45) is 0 Å². The molecule has 27 heavy (non-hydrogen) atoms. The van der Waals surface area contributed by atoms with Crippen molar-refractivity contribution in [2.45, 2.75) is 56.8 Å². The monoisotopic (exact) mass is 386 g/mol. The number of amides is 1. The van der Waals surface area contributed by atoms with Crippen molar-refractivity contribution in [1.82, 2.24) is 20.3 Å². The largest absolute Gasteiger partial charge is 0.422 e. The third-order valence-corrected chi connectivity index (χ3v) is 4.97. The quantitative estimate of drug-likeness (QED) is 0.864. The maximum Gasteiger partial charge on any atom is 0.422 e. The second-order valence-electron chi connectivity index (χ2n) is 7.24. The highest BCUT2D eigenvalue weighted by atomic mass is 19.4. The summed E-state index contributed by atoms with van der Waals surface area (Å²) < 4.78 is 49.9. The minimum atomic E-state index is -4.91. The number of nitrogens with zero attached hydrogens (tertiary/aromatic N) is 4. The predicted molar refractivity (Wildman–Crippen MR) is 81.6 cm³/mol. The SMILES string of the molecule is C[C@H]1CN(C(=O)c2nnc(C3CC3)o2)Cc2onc(C(C)(O)C(F)(F)F)c21. The molecule has 3 heterocycles. The van der Waals surface area contributed by atoms with Crippen molar-refractivity contribution in [3.05, 3.63) is 28.8 Å². The zero-order valence-corrected chi connectivity index (χ0v) is 14.6. The van der Waals surface area contributed by atoms with Crippen LogP contribution in [0.15, 0.2) is 8.94 Å². The number of alkyl halides is 3. The first-order chi connectivity index (χ1) is 12.6. The number of hydrogen-bond acceptors (Lipinski definition) is 7. The van der Waals surface area contributed by atoms with E-state index >= 15 is 0 Å². The summed E-state index contributed by atoms with van der Waals surface area (Å²) in [5, 5.41) is 21.0. The van der Waals surface area contributed by atoms with Crippen LogP contribution in [0.25, 0.3) is 0 Å². The Balaban J connectivity index is 1.59. The van der Waals surface area contributed by atoms with Gasteiger partial charge in [0.15, 0.2) is 5.76 Å². The molecule has 1 saturated carbocycles. The first-order valence-electron chi connectivity index (χ1n) is 8.50. The highest BCUT2D eigenvalue weighted by Crippen LogP contribution is 2.44. The average Bonchev–Trinajstić information content (AvgIpc) is 3.15. The number of carbonyl (C=O) groups excluding carboxylic acids is 1. The van der Waals surface area contributed by atoms with Gasteiger partial charge in [-0.25, -0.2) is 0 Å². The van der Waals surface area contributed by atoms with Crippen LogP contribution in [-0.2, 0) is 12.1 Å². The van der Waals surface area contributed by atoms with E-state index in [0.717, 1.165) is 12.8 Å². The van der Waals surface area contributed by atoms with E-state index in [9.17, 15) is 23.1 Å². The standard InChI is InChI=1S/C16H17F3N4O4/c1-7-5-23(14(24)13-21-20-12(26-13)8-3-4-8)6-9-10(7)11(22-27-9)15(2,25)16(17,18)19/h7-8,25H,3-6H2,1-2H3/t7-,15?/m0/s1. The molecule has 2 aromatic rings. The van der Waals surface area contributed by atoms with Crippen LogP contribution < -0.4 is 0 Å². The molecule has 0 bridgehead atoms. The highest BCUT2D eigenvalue weighted by molar-refractivity contribution is 5.89. The minimum Gasteiger partial charge on any atom is -0.417 e. The van der Waals surface area contributed by atoms with Crippen molar-refractivity contribution in [1.29, 1.82) is 0 Å². The van der Waals surface area contributed by atoms with Gasteiger partial charge in [0.2, 0.25) is 11.5 Å². The van der Waals surface area contributed by atoms with E-state index in [1.165, 1.54) is 4.90 Å². The van der Waals surface area contributed by atoms with Crippen LogP contribution in [0.5, 0.6) is 0 Å². The van der Waals surface area contributed by atoms with E-state index < -0.39 is 29.3 Å². The van der Waals surface area contributed by atoms with Crippen molar-refractivity contribution in [3.63, 3.8) is 0 Å². The van der Waals surface area contributed by atoms with Crippen LogP contribution in [0, 0.1) is 0 Å². The van der Waals surface area contributed by atoms with Crippen LogP contribution in [0.2, 0.25) is 0 Å². The third-order valence-electron chi connectivity index (χ3n) is 4.97. The Morgan fingerprint density at radius 2 is 2.00 bits per heavy atom. The Labute approximate surface area is 151 Å². The molecule has 1 aliphatic carbocycles. The van der Waals surface area contributed by atoms with Gasteiger partial charge in [-0.05, 0) is 19.8 Å². The molecule has 1 amide bonds. The summed E-state index contributed by atoms with van der Waals surface area (Å²) >= 11 is 0. The van der Waals surface area contributed by atoms with Crippen molar-refractivity contribution in [3.8, 4) is 0 Å². The number of fused-ring (bicyclic) bond motifs is 1. The minimum absolute atomic E-state index is 0.0966. The Morgan fingerprint density at radius 1 is 1.30 bits per heavy atom. The van der Waals surface area contributed by atoms with Gasteiger partial charge >= 0.3 is 18.0 Å². The van der Waals surface area contributed by atoms with E-state index in [1.807, 2.05) is 0 Å². The van der Waals surface area contributed by atoms with Crippen LogP contribution in [0.4, 0.5) is 13.2 Å². The number of halogens is 3. The lowest BCUT2D eigenvalue weighted by Crippen LogP contribution is -2.42. The average molecular weight is 386 g/mol. The first kappa shape index (κ1) is 18.0. The van der Waals surface area contributed by atoms with E-state index in [2.05, 4.69) is 15.4 Å². The van der Waals surface area contributed by atoms with Gasteiger partial charge in [0.1, 0.15) is 5.69 Å². The molecular formula is C16H17F3N4O4. The van der Waals surface area contributed by atoms with E-state index in [1.54, 1.807) is 6.92 Å². The van der Waals surface area contributed by atoms with Gasteiger partial charge in [-0.3, -0.25) is 4.79 Å². The fraction of sp³-hybridized carbons (Fsp3) is 0.625. The second kappa shape index (κ2) is 5.78. The molecule has 1 aliphatic heterocycles. The van der Waals surface area contributed by atoms with Crippen LogP contribution in [0.1, 0.15) is 72.1 Å². The zero-order chi connectivity index (χ0) is 19.6. The number of aliphatic hydroxyl groups is 1. The molecule has 8 nitrogen and oxygen atoms in total. The molecular weight excluding hydrogens is 369 g/mol. The smallest absolute Gasteiger partial charge is 0.417 e. The number of aromatic nitrogens is 3. The maximum absolute atomic E-state index is 13.2. The van der Waals surface area contributed by atoms with Gasteiger partial charge in [-0.2, -0.15) is 13.2 Å². The van der Waals surface area contributed by atoms with Crippen molar-refractivity contribution >= 4 is 5.91 Å². The molecule has 0 saturated heterocycles. The molecule has 146 valence electrons. The number of rotatable bonds is 3. The fourth-order valence-corrected chi connectivity index (χ4v) is 3.20. The maximum atomic E-state index is 13.2. The summed E-state index contributed by atoms with van der Waals surface area (Å²) in [5.74, 6) is -0.483. The van der Waals surface area contributed by atoms with Crippen LogP contribution >= 0.6 is 0 Å². The normalized spacial score (nSPS) is 22.4. The third kappa shape index (κ3) is 2.89. The van der Waals surface area contributed by atoms with E-state index in [-0.39, 0.29) is 36.2 Å². The fourth-order valence-electron chi connectivity index (χ4n) is 3.20. The van der Waals surface area contributed by atoms with Gasteiger partial charge in [0.25, 0.3) is 0 Å². The summed E-state index contributed by atoms with van der Waals surface area (Å²) in [4.78, 5) is 14.0. The Bertz CT molecular complexity index is 885. The molecule has 2 aliphatic rings. The number of carbonyl (C=O) groups is 1. The molecule has 1 fully saturated rings. The van der Waals surface area contributed by atoms with Crippen LogP contribution in [-0.4, -0.2) is 44.0 Å². The van der Waals surface area contributed by atoms with Gasteiger partial charge in [0, 0.05) is 23.9 Å². The highest BCUT2D eigenvalue weighted by Gasteiger charge is 2.55. The lowest BCUT2D eigenvalue weighted by Gasteiger charge is -2.31. The van der Waals surface area contributed by atoms with Gasteiger partial charge in [-0.1, -0.05) is 12.1 Å². The lowest BCUT2D eigenvalue weighted by atomic mass is 9.87. The lowest BCUT2D eigenvalue weighted by molar-refractivity contribution is -0.261. The molecule has 4 rings (SSSR count). The van der Waals surface area contributed by atoms with Gasteiger partial charge in [-0.15, -0.1) is 10.2 Å². The number of hydrogen-bond donors (Lipinski definition) is 1. The van der Waals surface area contributed by atoms with E-state index in [0.29, 0.717) is 12.8 Å². The molecule has 2 aromatic heterocycles. The summed E-state index contributed by atoms with van der Waals surface area (Å²) in [5.41, 5.74) is -3.54. The molecule has 0 spiro atoms. The van der Waals surface area contributed by atoms with Crippen molar-refractivity contribution in [2.75, 3.05) is 6.54 Å². The summed E-state index contributed by atoms with van der Waals surface area (Å²) in [6, 6.07) is 0. The van der Waals surface area contributed by atoms with Gasteiger partial charge in [0.05, 0.1) is 6.54 Å². The Kier molecular flexibility index (Phi) is 3.85. The zero-order valence-electron chi connectivity index (χ0n) is 14.6. The molecule has 11 heteroatoms. The molecule has 0 aromatic carbocycles. The van der Waals surface area contributed by atoms with Gasteiger partial charge < -0.3 is 18.9 Å². The van der Waals surface area contributed by atoms with Crippen LogP contribution in [0.3, 0.4) is 0 Å². The second-order valence-corrected chi connectivity index (χ2v) is 7.24. The Hall–Kier alpha value is -2.43. The summed E-state index contributed by atoms with van der Waals surface area (Å²) in [7, 11) is 0. The molecule has 1 unspecified atom stereocenters. The topological polar surface area (TPSA) is 105 Å². The Morgan fingerprint density at radius 3 is 2.63 bits per heavy atom. The molecule has 2 atom stereocenters. The first-order valence-corrected chi connectivity index (χ1v) is 8.50. The van der Waals surface area contributed by atoms with E-state index in [4.69, 9.17) is 8.94 Å². The van der Waals surface area contributed by atoms with Crippen molar-refractivity contribution < 1.29 is 32.0 Å². The predicted octanol–water partition coefficient (Wildman–Crippen LogP) is 2.46. The summed E-state index contributed by atoms with van der Waals surface area (Å²) in [6.07, 6.45) is -3.02. The molecule has 1 N–H and O–H groups in total. The summed E-state index contributed by atoms with van der Waals surface area (Å²) in [6.45, 7) is 2.28.